The Morgan fingerprint density at radius 3 is 1.93 bits per heavy atom. The molecular weight excluding hydrogens is 172 g/mol. The van der Waals surface area contributed by atoms with Crippen molar-refractivity contribution >= 4 is 0 Å². The van der Waals surface area contributed by atoms with Crippen molar-refractivity contribution in [1.82, 2.24) is 0 Å². The quantitative estimate of drug-likeness (QED) is 0.687. The predicted molar refractivity (Wildman–Crippen MR) is 62.7 cm³/mol. The number of para-hydroxylation sites is 1. The zero-order valence-electron chi connectivity index (χ0n) is 10.0. The standard InChI is InChI=1S/C11H16O.C2H6/c1-11(2,3)9-12-10-7-5-4-6-8-10;1-2/h4-8H,9H2,1-3H3;1-2H3. The average Bonchev–Trinajstić information content (AvgIpc) is 2.19. The second-order valence-corrected chi connectivity index (χ2v) is 4.16. The van der Waals surface area contributed by atoms with E-state index in [0.717, 1.165) is 12.4 Å². The highest BCUT2D eigenvalue weighted by atomic mass is 16.5. The van der Waals surface area contributed by atoms with Crippen molar-refractivity contribution in [3.8, 4) is 5.75 Å². The Bertz CT molecular complexity index is 221. The van der Waals surface area contributed by atoms with Crippen LogP contribution in [-0.2, 0) is 0 Å². The molecule has 80 valence electrons. The molecule has 0 saturated heterocycles. The molecule has 1 rings (SSSR count). The van der Waals surface area contributed by atoms with Crippen LogP contribution in [0.2, 0.25) is 0 Å². The summed E-state index contributed by atoms with van der Waals surface area (Å²) in [7, 11) is 0. The summed E-state index contributed by atoms with van der Waals surface area (Å²) in [6, 6.07) is 9.91. The zero-order chi connectivity index (χ0) is 11.0. The summed E-state index contributed by atoms with van der Waals surface area (Å²) in [5.41, 5.74) is 0.232. The first kappa shape index (κ1) is 13.0. The lowest BCUT2D eigenvalue weighted by atomic mass is 9.99. The maximum absolute atomic E-state index is 5.57. The smallest absolute Gasteiger partial charge is 0.119 e. The Labute approximate surface area is 88.1 Å². The minimum Gasteiger partial charge on any atom is -0.493 e. The molecule has 0 radical (unpaired) electrons. The molecule has 1 nitrogen and oxygen atoms in total. The summed E-state index contributed by atoms with van der Waals surface area (Å²) in [4.78, 5) is 0. The van der Waals surface area contributed by atoms with Crippen LogP contribution in [0.4, 0.5) is 0 Å². The van der Waals surface area contributed by atoms with E-state index in [1.807, 2.05) is 44.2 Å². The van der Waals surface area contributed by atoms with Crippen molar-refractivity contribution in [2.45, 2.75) is 34.6 Å². The SMILES string of the molecule is CC.CC(C)(C)COc1ccccc1. The Morgan fingerprint density at radius 2 is 1.50 bits per heavy atom. The molecule has 1 aromatic rings. The summed E-state index contributed by atoms with van der Waals surface area (Å²) in [5.74, 6) is 0.951. The fourth-order valence-electron chi connectivity index (χ4n) is 0.817. The van der Waals surface area contributed by atoms with Gasteiger partial charge in [-0.25, -0.2) is 0 Å². The third kappa shape index (κ3) is 6.53. The number of hydrogen-bond donors (Lipinski definition) is 0. The highest BCUT2D eigenvalue weighted by Gasteiger charge is 2.10. The normalized spacial score (nSPS) is 10.1. The van der Waals surface area contributed by atoms with Gasteiger partial charge in [-0.2, -0.15) is 0 Å². The van der Waals surface area contributed by atoms with Crippen LogP contribution in [0.5, 0.6) is 5.75 Å². The van der Waals surface area contributed by atoms with E-state index in [2.05, 4.69) is 20.8 Å². The van der Waals surface area contributed by atoms with E-state index in [0.29, 0.717) is 0 Å². The maximum atomic E-state index is 5.57. The molecule has 14 heavy (non-hydrogen) atoms. The van der Waals surface area contributed by atoms with Crippen LogP contribution in [0, 0.1) is 5.41 Å². The van der Waals surface area contributed by atoms with Gasteiger partial charge in [-0.15, -0.1) is 0 Å². The third-order valence-electron chi connectivity index (χ3n) is 1.42. The number of ether oxygens (including phenoxy) is 1. The lowest BCUT2D eigenvalue weighted by molar-refractivity contribution is 0.198. The van der Waals surface area contributed by atoms with Crippen molar-refractivity contribution in [3.05, 3.63) is 30.3 Å². The first-order valence-electron chi connectivity index (χ1n) is 5.26. The Balaban J connectivity index is 0.000000791. The van der Waals surface area contributed by atoms with Gasteiger partial charge >= 0.3 is 0 Å². The van der Waals surface area contributed by atoms with Gasteiger partial charge in [-0.1, -0.05) is 52.8 Å². The molecule has 0 N–H and O–H groups in total. The van der Waals surface area contributed by atoms with Crippen LogP contribution in [-0.4, -0.2) is 6.61 Å². The highest BCUT2D eigenvalue weighted by molar-refractivity contribution is 5.20. The maximum Gasteiger partial charge on any atom is 0.119 e. The van der Waals surface area contributed by atoms with Crippen molar-refractivity contribution in [1.29, 1.82) is 0 Å². The number of benzene rings is 1. The molecule has 0 aliphatic carbocycles. The van der Waals surface area contributed by atoms with Crippen molar-refractivity contribution in [2.75, 3.05) is 6.61 Å². The van der Waals surface area contributed by atoms with Gasteiger partial charge in [0.1, 0.15) is 5.75 Å². The van der Waals surface area contributed by atoms with Crippen molar-refractivity contribution < 1.29 is 4.74 Å². The molecule has 1 heteroatoms. The topological polar surface area (TPSA) is 9.23 Å². The van der Waals surface area contributed by atoms with E-state index in [1.165, 1.54) is 0 Å². The van der Waals surface area contributed by atoms with Crippen LogP contribution in [0.15, 0.2) is 30.3 Å². The van der Waals surface area contributed by atoms with Gasteiger partial charge in [0, 0.05) is 0 Å². The van der Waals surface area contributed by atoms with E-state index in [9.17, 15) is 0 Å². The molecule has 0 fully saturated rings. The van der Waals surface area contributed by atoms with Crippen LogP contribution in [0.3, 0.4) is 0 Å². The molecule has 0 unspecified atom stereocenters. The van der Waals surface area contributed by atoms with Crippen LogP contribution >= 0.6 is 0 Å². The summed E-state index contributed by atoms with van der Waals surface area (Å²) < 4.78 is 5.57. The van der Waals surface area contributed by atoms with Crippen LogP contribution in [0.25, 0.3) is 0 Å². The summed E-state index contributed by atoms with van der Waals surface area (Å²) in [6.45, 7) is 11.2. The van der Waals surface area contributed by atoms with E-state index in [-0.39, 0.29) is 5.41 Å². The Kier molecular flexibility index (Phi) is 6.02. The first-order chi connectivity index (χ1) is 6.58. The third-order valence-corrected chi connectivity index (χ3v) is 1.42. The first-order valence-corrected chi connectivity index (χ1v) is 5.26. The molecular formula is C13H22O. The Morgan fingerprint density at radius 1 is 1.00 bits per heavy atom. The molecule has 0 saturated carbocycles. The fourth-order valence-corrected chi connectivity index (χ4v) is 0.817. The van der Waals surface area contributed by atoms with E-state index >= 15 is 0 Å². The van der Waals surface area contributed by atoms with Gasteiger partial charge in [0.05, 0.1) is 6.61 Å². The summed E-state index contributed by atoms with van der Waals surface area (Å²) >= 11 is 0. The molecule has 0 atom stereocenters. The van der Waals surface area contributed by atoms with Gasteiger partial charge in [0.25, 0.3) is 0 Å². The van der Waals surface area contributed by atoms with E-state index < -0.39 is 0 Å². The monoisotopic (exact) mass is 194 g/mol. The van der Waals surface area contributed by atoms with Crippen LogP contribution < -0.4 is 4.74 Å². The number of hydrogen-bond acceptors (Lipinski definition) is 1. The van der Waals surface area contributed by atoms with E-state index in [1.54, 1.807) is 0 Å². The minimum absolute atomic E-state index is 0.232. The van der Waals surface area contributed by atoms with Gasteiger partial charge in [-0.3, -0.25) is 0 Å². The van der Waals surface area contributed by atoms with Crippen molar-refractivity contribution in [3.63, 3.8) is 0 Å². The molecule has 0 bridgehead atoms. The predicted octanol–water partition coefficient (Wildman–Crippen LogP) is 4.14. The summed E-state index contributed by atoms with van der Waals surface area (Å²) in [5, 5.41) is 0. The van der Waals surface area contributed by atoms with Gasteiger partial charge in [0.15, 0.2) is 0 Å². The number of rotatable bonds is 2. The fraction of sp³-hybridized carbons (Fsp3) is 0.538. The van der Waals surface area contributed by atoms with Gasteiger partial charge in [0.2, 0.25) is 0 Å². The Hall–Kier alpha value is -0.980. The molecule has 0 aromatic heterocycles. The van der Waals surface area contributed by atoms with Gasteiger partial charge < -0.3 is 4.74 Å². The largest absolute Gasteiger partial charge is 0.493 e. The second-order valence-electron chi connectivity index (χ2n) is 4.16. The molecule has 0 amide bonds. The zero-order valence-corrected chi connectivity index (χ0v) is 10.0. The minimum atomic E-state index is 0.232. The lowest BCUT2D eigenvalue weighted by Gasteiger charge is -2.18. The summed E-state index contributed by atoms with van der Waals surface area (Å²) in [6.07, 6.45) is 0. The van der Waals surface area contributed by atoms with E-state index in [4.69, 9.17) is 4.74 Å². The molecule has 0 aliphatic rings. The van der Waals surface area contributed by atoms with Crippen LogP contribution in [0.1, 0.15) is 34.6 Å². The average molecular weight is 194 g/mol. The van der Waals surface area contributed by atoms with Gasteiger partial charge in [-0.05, 0) is 17.5 Å². The molecule has 1 aromatic carbocycles. The second kappa shape index (κ2) is 6.47. The molecule has 0 spiro atoms. The lowest BCUT2D eigenvalue weighted by Crippen LogP contribution is -2.16. The highest BCUT2D eigenvalue weighted by Crippen LogP contribution is 2.16. The molecule has 0 heterocycles. The molecule has 0 aliphatic heterocycles. The van der Waals surface area contributed by atoms with Crippen molar-refractivity contribution in [2.24, 2.45) is 5.41 Å².